The zero-order chi connectivity index (χ0) is 32.2. The molecule has 2 aromatic heterocycles. The molecular formula is C29H29F6N5O4. The number of ether oxygens (including phenoxy) is 1. The molecule has 9 nitrogen and oxygen atoms in total. The predicted octanol–water partition coefficient (Wildman–Crippen LogP) is 5.34. The number of alkyl carbamates (subject to hydrolysis) is 1. The molecule has 44 heavy (non-hydrogen) atoms. The monoisotopic (exact) mass is 625 g/mol. The zero-order valence-corrected chi connectivity index (χ0v) is 23.9. The third kappa shape index (κ3) is 6.76. The number of alkyl halides is 3. The average molecular weight is 626 g/mol. The molecule has 2 amide bonds. The quantitative estimate of drug-likeness (QED) is 0.291. The van der Waals surface area contributed by atoms with Crippen LogP contribution < -0.4 is 21.4 Å². The van der Waals surface area contributed by atoms with E-state index in [2.05, 4.69) is 15.6 Å². The number of carbonyl (C=O) groups is 2. The van der Waals surface area contributed by atoms with Crippen molar-refractivity contribution < 1.29 is 40.7 Å². The Labute approximate surface area is 247 Å². The van der Waals surface area contributed by atoms with E-state index in [1.54, 1.807) is 20.8 Å². The smallest absolute Gasteiger partial charge is 0.408 e. The van der Waals surface area contributed by atoms with Gasteiger partial charge < -0.3 is 20.7 Å². The van der Waals surface area contributed by atoms with Gasteiger partial charge in [-0.25, -0.2) is 22.9 Å². The van der Waals surface area contributed by atoms with Gasteiger partial charge in [0.15, 0.2) is 17.3 Å². The second kappa shape index (κ2) is 11.0. The summed E-state index contributed by atoms with van der Waals surface area (Å²) in [7, 11) is 0. The highest BCUT2D eigenvalue weighted by Crippen LogP contribution is 2.40. The molecule has 5 rings (SSSR count). The summed E-state index contributed by atoms with van der Waals surface area (Å²) >= 11 is 0. The van der Waals surface area contributed by atoms with Crippen LogP contribution in [0.4, 0.5) is 37.0 Å². The van der Waals surface area contributed by atoms with Gasteiger partial charge in [-0.2, -0.15) is 13.2 Å². The number of nitrogens with zero attached hydrogens (tertiary/aromatic N) is 2. The van der Waals surface area contributed by atoms with E-state index in [1.807, 2.05) is 5.32 Å². The normalized spacial score (nSPS) is 16.8. The lowest BCUT2D eigenvalue weighted by molar-refractivity contribution is -0.158. The van der Waals surface area contributed by atoms with Crippen molar-refractivity contribution in [2.75, 3.05) is 11.9 Å². The Balaban J connectivity index is 1.52. The van der Waals surface area contributed by atoms with Gasteiger partial charge in [0, 0.05) is 24.9 Å². The molecule has 3 aromatic rings. The summed E-state index contributed by atoms with van der Waals surface area (Å²) in [4.78, 5) is 42.9. The van der Waals surface area contributed by atoms with Gasteiger partial charge in [-0.05, 0) is 64.5 Å². The molecule has 0 saturated heterocycles. The lowest BCUT2D eigenvalue weighted by Gasteiger charge is -2.24. The summed E-state index contributed by atoms with van der Waals surface area (Å²) in [6.07, 6.45) is -3.05. The van der Waals surface area contributed by atoms with Crippen molar-refractivity contribution in [1.82, 2.24) is 20.2 Å². The van der Waals surface area contributed by atoms with E-state index in [9.17, 15) is 40.7 Å². The van der Waals surface area contributed by atoms with Gasteiger partial charge in [0.2, 0.25) is 5.43 Å². The van der Waals surface area contributed by atoms with Crippen molar-refractivity contribution >= 4 is 28.9 Å². The number of nitrogens with one attached hydrogen (secondary N) is 3. The largest absolute Gasteiger partial charge is 0.444 e. The van der Waals surface area contributed by atoms with Crippen LogP contribution in [-0.2, 0) is 4.74 Å². The molecule has 15 heteroatoms. The maximum absolute atomic E-state index is 15.0. The Bertz CT molecular complexity index is 1670. The fourth-order valence-electron chi connectivity index (χ4n) is 4.79. The second-order valence-corrected chi connectivity index (χ2v) is 12.1. The molecule has 2 aliphatic carbocycles. The molecule has 2 heterocycles. The number of rotatable bonds is 8. The number of hydrogen-bond acceptors (Lipinski definition) is 6. The number of fused-ring (bicyclic) bond motifs is 1. The van der Waals surface area contributed by atoms with Crippen LogP contribution >= 0.6 is 0 Å². The van der Waals surface area contributed by atoms with Gasteiger partial charge in [-0.15, -0.1) is 0 Å². The van der Waals surface area contributed by atoms with Crippen LogP contribution in [0.2, 0.25) is 0 Å². The summed E-state index contributed by atoms with van der Waals surface area (Å²) in [5, 5.41) is 7.29. The predicted molar refractivity (Wildman–Crippen MR) is 147 cm³/mol. The third-order valence-corrected chi connectivity index (χ3v) is 7.28. The van der Waals surface area contributed by atoms with Gasteiger partial charge >= 0.3 is 12.3 Å². The minimum atomic E-state index is -4.79. The number of anilines is 1. The molecule has 0 radical (unpaired) electrons. The van der Waals surface area contributed by atoms with Crippen LogP contribution in [-0.4, -0.2) is 51.5 Å². The van der Waals surface area contributed by atoms with E-state index in [0.717, 1.165) is 0 Å². The van der Waals surface area contributed by atoms with Crippen molar-refractivity contribution in [2.24, 2.45) is 5.92 Å². The molecule has 0 spiro atoms. The number of pyridine rings is 2. The minimum absolute atomic E-state index is 0.105. The van der Waals surface area contributed by atoms with E-state index in [4.69, 9.17) is 4.74 Å². The first kappa shape index (κ1) is 31.1. The van der Waals surface area contributed by atoms with E-state index in [0.29, 0.717) is 35.7 Å². The maximum atomic E-state index is 15.0. The Morgan fingerprint density at radius 1 is 1.09 bits per heavy atom. The molecule has 2 saturated carbocycles. The molecule has 0 aliphatic heterocycles. The second-order valence-electron chi connectivity index (χ2n) is 12.1. The summed E-state index contributed by atoms with van der Waals surface area (Å²) in [6, 6.07) is 1.06. The fraction of sp³-hybridized carbons (Fsp3) is 0.448. The van der Waals surface area contributed by atoms with Crippen molar-refractivity contribution in [3.8, 4) is 5.69 Å². The zero-order valence-electron chi connectivity index (χ0n) is 23.9. The first-order valence-corrected chi connectivity index (χ1v) is 13.8. The van der Waals surface area contributed by atoms with E-state index < -0.39 is 75.4 Å². The lowest BCUT2D eigenvalue weighted by Crippen LogP contribution is -2.48. The molecule has 236 valence electrons. The topological polar surface area (TPSA) is 114 Å². The molecule has 0 unspecified atom stereocenters. The standard InChI is InChI=1S/C29H29F6N5O4/c1-27(2,3)44-26(43)39-28(8-9-28)13-36-20-7-6-16-22(41)17(25(42)38-23(14-4-5-14)29(33,34)35)12-40(24(16)37-20)21-18(31)10-15(30)11-19(21)32/h6-7,10-12,14,23H,4-5,8-9,13H2,1-3H3,(H,36,37)(H,38,42)(H,39,43)/t23-/m0/s1. The summed E-state index contributed by atoms with van der Waals surface area (Å²) in [6.45, 7) is 5.31. The van der Waals surface area contributed by atoms with E-state index in [-0.39, 0.29) is 36.2 Å². The Morgan fingerprint density at radius 2 is 1.73 bits per heavy atom. The van der Waals surface area contributed by atoms with Crippen LogP contribution in [0, 0.1) is 23.4 Å². The highest BCUT2D eigenvalue weighted by atomic mass is 19.4. The number of benzene rings is 1. The molecule has 2 aliphatic rings. The average Bonchev–Trinajstić information content (AvgIpc) is 3.82. The number of aromatic nitrogens is 2. The number of hydrogen-bond donors (Lipinski definition) is 3. The fourth-order valence-corrected chi connectivity index (χ4v) is 4.79. The molecule has 0 bridgehead atoms. The van der Waals surface area contributed by atoms with E-state index in [1.165, 1.54) is 12.1 Å². The lowest BCUT2D eigenvalue weighted by atomic mass is 10.1. The van der Waals surface area contributed by atoms with Crippen LogP contribution in [0.5, 0.6) is 0 Å². The Kier molecular flexibility index (Phi) is 7.79. The number of amides is 2. The van der Waals surface area contributed by atoms with Gasteiger partial charge in [0.1, 0.15) is 34.5 Å². The molecule has 3 N–H and O–H groups in total. The Hall–Kier alpha value is -4.30. The molecular weight excluding hydrogens is 596 g/mol. The first-order chi connectivity index (χ1) is 20.5. The molecule has 1 aromatic carbocycles. The van der Waals surface area contributed by atoms with Crippen LogP contribution in [0.25, 0.3) is 16.7 Å². The number of carbonyl (C=O) groups excluding carboxylic acids is 2. The number of halogens is 6. The maximum Gasteiger partial charge on any atom is 0.408 e. The third-order valence-electron chi connectivity index (χ3n) is 7.28. The van der Waals surface area contributed by atoms with Crippen LogP contribution in [0.15, 0.2) is 35.3 Å². The van der Waals surface area contributed by atoms with Gasteiger partial charge in [-0.1, -0.05) is 0 Å². The van der Waals surface area contributed by atoms with Crippen molar-refractivity contribution in [2.45, 2.75) is 69.8 Å². The van der Waals surface area contributed by atoms with Crippen LogP contribution in [0.3, 0.4) is 0 Å². The van der Waals surface area contributed by atoms with Crippen molar-refractivity contribution in [3.63, 3.8) is 0 Å². The first-order valence-electron chi connectivity index (χ1n) is 13.8. The summed E-state index contributed by atoms with van der Waals surface area (Å²) in [5.41, 5.74) is -4.50. The highest BCUT2D eigenvalue weighted by molar-refractivity contribution is 5.97. The van der Waals surface area contributed by atoms with Gasteiger partial charge in [-0.3, -0.25) is 14.2 Å². The minimum Gasteiger partial charge on any atom is -0.444 e. The molecule has 2 fully saturated rings. The van der Waals surface area contributed by atoms with Crippen molar-refractivity contribution in [1.29, 1.82) is 0 Å². The Morgan fingerprint density at radius 3 is 2.27 bits per heavy atom. The summed E-state index contributed by atoms with van der Waals surface area (Å²) in [5.74, 6) is -6.22. The highest BCUT2D eigenvalue weighted by Gasteiger charge is 2.50. The molecule has 1 atom stereocenters. The van der Waals surface area contributed by atoms with E-state index >= 15 is 0 Å². The van der Waals surface area contributed by atoms with Crippen LogP contribution in [0.1, 0.15) is 56.8 Å². The van der Waals surface area contributed by atoms with Crippen molar-refractivity contribution in [3.05, 3.63) is 63.7 Å². The van der Waals surface area contributed by atoms with Gasteiger partial charge in [0.25, 0.3) is 5.91 Å². The SMILES string of the molecule is CC(C)(C)OC(=O)NC1(CNc2ccc3c(=O)c(C(=O)N[C@@H](C4CC4)C(F)(F)F)cn(-c4c(F)cc(F)cc4F)c3n2)CC1. The summed E-state index contributed by atoms with van der Waals surface area (Å²) < 4.78 is 90.4. The van der Waals surface area contributed by atoms with Gasteiger partial charge in [0.05, 0.1) is 10.9 Å².